The van der Waals surface area contributed by atoms with E-state index in [0.717, 1.165) is 16.1 Å². The van der Waals surface area contributed by atoms with Crippen molar-refractivity contribution in [2.24, 2.45) is 0 Å². The number of thiazole rings is 1. The SMILES string of the molecule is CC(=O)/C=C(/C)O.[Ir].[c-]1ccccc1-c1nc2ccccc2s1. The van der Waals surface area contributed by atoms with E-state index in [1.54, 1.807) is 11.3 Å². The fourth-order valence-corrected chi connectivity index (χ4v) is 2.76. The van der Waals surface area contributed by atoms with E-state index in [9.17, 15) is 4.79 Å². The fourth-order valence-electron chi connectivity index (χ4n) is 1.81. The smallest absolute Gasteiger partial charge is 0.155 e. The molecule has 0 spiro atoms. The molecular weight excluding hydrogens is 486 g/mol. The monoisotopic (exact) mass is 503 g/mol. The van der Waals surface area contributed by atoms with Crippen LogP contribution in [0.5, 0.6) is 0 Å². The molecule has 0 aliphatic heterocycles. The second kappa shape index (κ2) is 9.36. The van der Waals surface area contributed by atoms with Gasteiger partial charge in [0.1, 0.15) is 0 Å². The normalized spacial score (nSPS) is 10.4. The van der Waals surface area contributed by atoms with Gasteiger partial charge in [-0.15, -0.1) is 35.9 Å². The molecule has 2 aromatic carbocycles. The van der Waals surface area contributed by atoms with Gasteiger partial charge in [0.2, 0.25) is 0 Å². The van der Waals surface area contributed by atoms with Crippen LogP contribution >= 0.6 is 11.3 Å². The van der Waals surface area contributed by atoms with Crippen LogP contribution in [0, 0.1) is 6.07 Å². The topological polar surface area (TPSA) is 50.2 Å². The van der Waals surface area contributed by atoms with Crippen molar-refractivity contribution in [1.82, 2.24) is 4.98 Å². The van der Waals surface area contributed by atoms with Crippen molar-refractivity contribution in [1.29, 1.82) is 0 Å². The Hall–Kier alpha value is -1.81. The zero-order valence-corrected chi connectivity index (χ0v) is 16.0. The van der Waals surface area contributed by atoms with Crippen molar-refractivity contribution in [2.75, 3.05) is 0 Å². The fraction of sp³-hybridized carbons (Fsp3) is 0.111. The summed E-state index contributed by atoms with van der Waals surface area (Å²) in [4.78, 5) is 14.6. The Kier molecular flexibility index (Phi) is 7.82. The van der Waals surface area contributed by atoms with E-state index >= 15 is 0 Å². The molecule has 121 valence electrons. The predicted molar refractivity (Wildman–Crippen MR) is 91.0 cm³/mol. The Morgan fingerprint density at radius 1 is 1.17 bits per heavy atom. The number of aliphatic hydroxyl groups excluding tert-OH is 1. The van der Waals surface area contributed by atoms with Crippen LogP contribution in [0.15, 0.2) is 60.4 Å². The van der Waals surface area contributed by atoms with E-state index in [1.807, 2.05) is 42.5 Å². The third-order valence-corrected chi connectivity index (χ3v) is 3.72. The average molecular weight is 503 g/mol. The predicted octanol–water partition coefficient (Wildman–Crippen LogP) is 4.80. The van der Waals surface area contributed by atoms with Crippen LogP contribution in [-0.4, -0.2) is 15.9 Å². The summed E-state index contributed by atoms with van der Waals surface area (Å²) in [5.41, 5.74) is 2.13. The number of carbonyl (C=O) groups is 1. The number of benzene rings is 2. The molecule has 0 saturated heterocycles. The third-order valence-electron chi connectivity index (χ3n) is 2.65. The van der Waals surface area contributed by atoms with Crippen molar-refractivity contribution in [3.8, 4) is 10.6 Å². The maximum Gasteiger partial charge on any atom is 0.155 e. The maximum absolute atomic E-state index is 10.0. The quantitative estimate of drug-likeness (QED) is 0.311. The molecular formula is C18H16IrNO2S-. The molecule has 0 atom stereocenters. The maximum atomic E-state index is 10.0. The molecule has 1 aromatic heterocycles. The number of aliphatic hydroxyl groups is 1. The first-order valence-corrected chi connectivity index (χ1v) is 7.58. The Bertz CT molecular complexity index is 760. The van der Waals surface area contributed by atoms with Crippen molar-refractivity contribution in [2.45, 2.75) is 13.8 Å². The van der Waals surface area contributed by atoms with Gasteiger partial charge in [-0.3, -0.25) is 9.78 Å². The van der Waals surface area contributed by atoms with E-state index in [2.05, 4.69) is 17.1 Å². The Morgan fingerprint density at radius 3 is 2.39 bits per heavy atom. The van der Waals surface area contributed by atoms with Crippen LogP contribution in [0.25, 0.3) is 20.8 Å². The first-order valence-electron chi connectivity index (χ1n) is 6.77. The molecule has 0 fully saturated rings. The first kappa shape index (κ1) is 19.2. The molecule has 0 amide bonds. The molecule has 3 aromatic rings. The van der Waals surface area contributed by atoms with Gasteiger partial charge in [0.15, 0.2) is 5.78 Å². The molecule has 0 aliphatic rings. The summed E-state index contributed by atoms with van der Waals surface area (Å²) in [7, 11) is 0. The largest absolute Gasteiger partial charge is 0.512 e. The van der Waals surface area contributed by atoms with Gasteiger partial charge >= 0.3 is 0 Å². The third kappa shape index (κ3) is 6.06. The van der Waals surface area contributed by atoms with Crippen molar-refractivity contribution in [3.63, 3.8) is 0 Å². The van der Waals surface area contributed by atoms with Crippen LogP contribution in [0.1, 0.15) is 13.8 Å². The van der Waals surface area contributed by atoms with Crippen LogP contribution in [-0.2, 0) is 24.9 Å². The zero-order valence-electron chi connectivity index (χ0n) is 12.7. The standard InChI is InChI=1S/C13H8NS.C5H8O2.Ir/c1-2-6-10(7-3-1)13-14-11-8-4-5-9-12(11)15-13;1-4(6)3-5(2)7;/h1-6,8-9H;3,6H,1-2H3;/q-1;;/b;4-3-;. The molecule has 1 radical (unpaired) electrons. The number of hydrogen-bond acceptors (Lipinski definition) is 4. The van der Waals surface area contributed by atoms with Crippen molar-refractivity contribution < 1.29 is 30.0 Å². The summed E-state index contributed by atoms with van der Waals surface area (Å²) in [5, 5.41) is 9.40. The summed E-state index contributed by atoms with van der Waals surface area (Å²) >= 11 is 1.71. The summed E-state index contributed by atoms with van der Waals surface area (Å²) in [5.74, 6) is -0.0625. The summed E-state index contributed by atoms with van der Waals surface area (Å²) < 4.78 is 1.23. The van der Waals surface area contributed by atoms with Gasteiger partial charge < -0.3 is 5.11 Å². The summed E-state index contributed by atoms with van der Waals surface area (Å²) in [6.07, 6.45) is 1.17. The number of fused-ring (bicyclic) bond motifs is 1. The minimum absolute atomic E-state index is 0. The molecule has 23 heavy (non-hydrogen) atoms. The molecule has 1 N–H and O–H groups in total. The number of nitrogens with zero attached hydrogens (tertiary/aromatic N) is 1. The van der Waals surface area contributed by atoms with E-state index in [0.29, 0.717) is 0 Å². The second-order valence-corrected chi connectivity index (χ2v) is 5.69. The number of rotatable bonds is 2. The van der Waals surface area contributed by atoms with Crippen LogP contribution in [0.3, 0.4) is 0 Å². The minimum atomic E-state index is -0.125. The van der Waals surface area contributed by atoms with E-state index < -0.39 is 0 Å². The number of aromatic nitrogens is 1. The number of allylic oxidation sites excluding steroid dienone is 2. The van der Waals surface area contributed by atoms with Gasteiger partial charge in [0, 0.05) is 35.9 Å². The van der Waals surface area contributed by atoms with Crippen molar-refractivity contribution >= 4 is 27.3 Å². The minimum Gasteiger partial charge on any atom is -0.512 e. The molecule has 3 rings (SSSR count). The van der Waals surface area contributed by atoms with Crippen LogP contribution < -0.4 is 0 Å². The van der Waals surface area contributed by atoms with E-state index in [-0.39, 0.29) is 31.6 Å². The second-order valence-electron chi connectivity index (χ2n) is 4.66. The number of para-hydroxylation sites is 1. The van der Waals surface area contributed by atoms with Crippen LogP contribution in [0.2, 0.25) is 0 Å². The molecule has 0 saturated carbocycles. The Balaban J connectivity index is 0.000000287. The first-order chi connectivity index (χ1) is 10.6. The molecule has 3 nitrogen and oxygen atoms in total. The number of hydrogen-bond donors (Lipinski definition) is 1. The Morgan fingerprint density at radius 2 is 1.87 bits per heavy atom. The summed E-state index contributed by atoms with van der Waals surface area (Å²) in [6.45, 7) is 2.85. The van der Waals surface area contributed by atoms with E-state index in [1.165, 1.54) is 24.6 Å². The Labute approximate surface area is 153 Å². The number of ketones is 1. The molecule has 0 unspecified atom stereocenters. The van der Waals surface area contributed by atoms with Gasteiger partial charge in [0.25, 0.3) is 0 Å². The summed E-state index contributed by atoms with van der Waals surface area (Å²) in [6, 6.07) is 19.3. The van der Waals surface area contributed by atoms with Gasteiger partial charge in [0.05, 0.1) is 11.3 Å². The number of carbonyl (C=O) groups excluding carboxylic acids is 1. The molecule has 0 bridgehead atoms. The van der Waals surface area contributed by atoms with Gasteiger partial charge in [-0.05, 0) is 26.0 Å². The van der Waals surface area contributed by atoms with Crippen LogP contribution in [0.4, 0.5) is 0 Å². The van der Waals surface area contributed by atoms with Gasteiger partial charge in [-0.1, -0.05) is 12.1 Å². The molecule has 0 aliphatic carbocycles. The van der Waals surface area contributed by atoms with Gasteiger partial charge in [-0.25, -0.2) is 0 Å². The molecule has 5 heteroatoms. The van der Waals surface area contributed by atoms with Gasteiger partial charge in [-0.2, -0.15) is 11.3 Å². The average Bonchev–Trinajstić information content (AvgIpc) is 2.91. The zero-order chi connectivity index (χ0) is 15.9. The van der Waals surface area contributed by atoms with E-state index in [4.69, 9.17) is 5.11 Å². The molecule has 1 heterocycles. The van der Waals surface area contributed by atoms with Crippen molar-refractivity contribution in [3.05, 3.63) is 66.4 Å².